The Morgan fingerprint density at radius 1 is 1.11 bits per heavy atom. The van der Waals surface area contributed by atoms with Gasteiger partial charge in [0.25, 0.3) is 0 Å². The van der Waals surface area contributed by atoms with Crippen LogP contribution in [0.15, 0.2) is 48.5 Å². The van der Waals surface area contributed by atoms with Crippen LogP contribution in [0.5, 0.6) is 11.5 Å². The van der Waals surface area contributed by atoms with Crippen LogP contribution in [0.25, 0.3) is 10.9 Å². The quantitative estimate of drug-likeness (QED) is 0.326. The molecule has 1 fully saturated rings. The SMILES string of the molecule is NC(=O)CN1CCc2c([nH]c3ccc(OS(=O)(=O)C(F)(F)F)cc23)C12CCN(CCOc1ccccc1)C2. The fourth-order valence-electron chi connectivity index (χ4n) is 5.48. The van der Waals surface area contributed by atoms with Crippen molar-refractivity contribution in [2.45, 2.75) is 23.9 Å². The molecule has 204 valence electrons. The number of likely N-dealkylation sites (tertiary alicyclic amines) is 1. The summed E-state index contributed by atoms with van der Waals surface area (Å²) in [6, 6.07) is 13.5. The van der Waals surface area contributed by atoms with Gasteiger partial charge in [0, 0.05) is 42.8 Å². The molecule has 0 saturated carbocycles. The second-order valence-electron chi connectivity index (χ2n) is 9.53. The lowest BCUT2D eigenvalue weighted by molar-refractivity contribution is -0.121. The number of halogens is 3. The summed E-state index contributed by atoms with van der Waals surface area (Å²) < 4.78 is 71.8. The van der Waals surface area contributed by atoms with Gasteiger partial charge in [0.1, 0.15) is 18.1 Å². The molecular weight excluding hydrogens is 525 g/mol. The van der Waals surface area contributed by atoms with E-state index in [1.807, 2.05) is 30.3 Å². The molecule has 1 amide bonds. The van der Waals surface area contributed by atoms with Crippen molar-refractivity contribution in [3.63, 3.8) is 0 Å². The Balaban J connectivity index is 1.43. The van der Waals surface area contributed by atoms with Crippen molar-refractivity contribution in [2.75, 3.05) is 39.3 Å². The van der Waals surface area contributed by atoms with Gasteiger partial charge in [-0.05, 0) is 48.7 Å². The molecule has 9 nitrogen and oxygen atoms in total. The fraction of sp³-hybridized carbons (Fsp3) is 0.400. The van der Waals surface area contributed by atoms with Crippen LogP contribution in [0, 0.1) is 0 Å². The molecule has 1 unspecified atom stereocenters. The van der Waals surface area contributed by atoms with E-state index in [1.165, 1.54) is 18.2 Å². The van der Waals surface area contributed by atoms with Gasteiger partial charge in [-0.15, -0.1) is 0 Å². The number of aromatic amines is 1. The van der Waals surface area contributed by atoms with E-state index in [0.29, 0.717) is 50.0 Å². The molecule has 0 bridgehead atoms. The number of hydrogen-bond donors (Lipinski definition) is 2. The molecule has 1 saturated heterocycles. The number of nitrogens with zero attached hydrogens (tertiary/aromatic N) is 2. The molecular formula is C25H27F3N4O5S. The highest BCUT2D eigenvalue weighted by molar-refractivity contribution is 7.88. The molecule has 0 aliphatic carbocycles. The summed E-state index contributed by atoms with van der Waals surface area (Å²) in [6.07, 6.45) is 1.19. The van der Waals surface area contributed by atoms with Crippen molar-refractivity contribution >= 4 is 26.9 Å². The zero-order valence-electron chi connectivity index (χ0n) is 20.3. The lowest BCUT2D eigenvalue weighted by Gasteiger charge is -2.44. The van der Waals surface area contributed by atoms with Gasteiger partial charge in [-0.1, -0.05) is 18.2 Å². The lowest BCUT2D eigenvalue weighted by Crippen LogP contribution is -2.55. The number of aromatic nitrogens is 1. The highest BCUT2D eigenvalue weighted by Gasteiger charge is 2.50. The van der Waals surface area contributed by atoms with E-state index in [0.717, 1.165) is 23.6 Å². The molecule has 2 aliphatic heterocycles. The van der Waals surface area contributed by atoms with Gasteiger partial charge < -0.3 is 19.6 Å². The van der Waals surface area contributed by atoms with Gasteiger partial charge in [-0.3, -0.25) is 14.6 Å². The Morgan fingerprint density at radius 3 is 2.58 bits per heavy atom. The molecule has 3 heterocycles. The normalized spacial score (nSPS) is 20.6. The third-order valence-electron chi connectivity index (χ3n) is 7.16. The average Bonchev–Trinajstić information content (AvgIpc) is 3.43. The van der Waals surface area contributed by atoms with Gasteiger partial charge >= 0.3 is 15.6 Å². The Labute approximate surface area is 217 Å². The van der Waals surface area contributed by atoms with Crippen molar-refractivity contribution in [1.82, 2.24) is 14.8 Å². The first-order chi connectivity index (χ1) is 18.0. The van der Waals surface area contributed by atoms with E-state index in [2.05, 4.69) is 19.0 Å². The van der Waals surface area contributed by atoms with E-state index in [1.54, 1.807) is 0 Å². The zero-order valence-corrected chi connectivity index (χ0v) is 21.1. The number of amides is 1. The van der Waals surface area contributed by atoms with Gasteiger partial charge in [0.2, 0.25) is 5.91 Å². The summed E-state index contributed by atoms with van der Waals surface area (Å²) >= 11 is 0. The summed E-state index contributed by atoms with van der Waals surface area (Å²) in [4.78, 5) is 19.6. The maximum absolute atomic E-state index is 12.8. The van der Waals surface area contributed by atoms with Crippen LogP contribution in [0.4, 0.5) is 13.2 Å². The third kappa shape index (κ3) is 4.93. The van der Waals surface area contributed by atoms with Crippen LogP contribution >= 0.6 is 0 Å². The molecule has 1 spiro atoms. The number of nitrogens with two attached hydrogens (primary N) is 1. The number of fused-ring (bicyclic) bond motifs is 4. The number of ether oxygens (including phenoxy) is 1. The Kier molecular flexibility index (Phi) is 6.78. The Hall–Kier alpha value is -3.29. The monoisotopic (exact) mass is 552 g/mol. The van der Waals surface area contributed by atoms with Crippen LogP contribution in [-0.4, -0.2) is 73.9 Å². The molecule has 1 atom stereocenters. The van der Waals surface area contributed by atoms with Gasteiger partial charge in [0.05, 0.1) is 12.1 Å². The minimum Gasteiger partial charge on any atom is -0.492 e. The molecule has 2 aromatic carbocycles. The van der Waals surface area contributed by atoms with Crippen LogP contribution in [0.1, 0.15) is 17.7 Å². The molecule has 2 aliphatic rings. The number of primary amides is 1. The largest absolute Gasteiger partial charge is 0.534 e. The topological polar surface area (TPSA) is 118 Å². The van der Waals surface area contributed by atoms with Crippen molar-refractivity contribution in [2.24, 2.45) is 5.73 Å². The van der Waals surface area contributed by atoms with Crippen molar-refractivity contribution in [3.8, 4) is 11.5 Å². The van der Waals surface area contributed by atoms with Crippen LogP contribution < -0.4 is 14.7 Å². The van der Waals surface area contributed by atoms with E-state index in [9.17, 15) is 26.4 Å². The summed E-state index contributed by atoms with van der Waals surface area (Å²) in [5.41, 5.74) is 1.81. The number of carbonyl (C=O) groups excluding carboxylic acids is 1. The van der Waals surface area contributed by atoms with Gasteiger partial charge in [-0.2, -0.15) is 21.6 Å². The molecule has 3 aromatic rings. The standard InChI is InChI=1S/C25H27F3N4O5S/c26-25(27,28)38(34,35)37-18-6-7-21-20(14-18)19-8-10-32(15-22(29)33)24(23(19)30-21)9-11-31(16-24)12-13-36-17-4-2-1-3-5-17/h1-7,14,30H,8-13,15-16H2,(H2,29,33). The summed E-state index contributed by atoms with van der Waals surface area (Å²) in [5, 5.41) is 0.582. The fourth-order valence-corrected chi connectivity index (χ4v) is 5.93. The maximum Gasteiger partial charge on any atom is 0.534 e. The van der Waals surface area contributed by atoms with E-state index in [4.69, 9.17) is 10.5 Å². The average molecular weight is 553 g/mol. The van der Waals surface area contributed by atoms with E-state index >= 15 is 0 Å². The van der Waals surface area contributed by atoms with Crippen molar-refractivity contribution in [3.05, 3.63) is 59.8 Å². The first-order valence-electron chi connectivity index (χ1n) is 12.1. The molecule has 3 N–H and O–H groups in total. The summed E-state index contributed by atoms with van der Waals surface area (Å²) in [6.45, 7) is 3.02. The highest BCUT2D eigenvalue weighted by Crippen LogP contribution is 2.45. The van der Waals surface area contributed by atoms with E-state index < -0.39 is 32.8 Å². The number of alkyl halides is 3. The number of H-pyrrole nitrogens is 1. The second-order valence-corrected chi connectivity index (χ2v) is 11.1. The van der Waals surface area contributed by atoms with Crippen molar-refractivity contribution in [1.29, 1.82) is 0 Å². The first-order valence-corrected chi connectivity index (χ1v) is 13.5. The van der Waals surface area contributed by atoms with Crippen LogP contribution in [0.3, 0.4) is 0 Å². The first kappa shape index (κ1) is 26.3. The minimum absolute atomic E-state index is 0.0569. The Morgan fingerprint density at radius 2 is 1.87 bits per heavy atom. The second kappa shape index (κ2) is 9.79. The maximum atomic E-state index is 12.8. The molecule has 5 rings (SSSR count). The smallest absolute Gasteiger partial charge is 0.492 e. The van der Waals surface area contributed by atoms with E-state index in [-0.39, 0.29) is 6.54 Å². The summed E-state index contributed by atoms with van der Waals surface area (Å²) in [5.74, 6) is -0.0999. The number of benzene rings is 2. The molecule has 13 heteroatoms. The number of rotatable bonds is 8. The number of nitrogens with one attached hydrogen (secondary N) is 1. The number of hydrogen-bond acceptors (Lipinski definition) is 7. The van der Waals surface area contributed by atoms with Crippen LogP contribution in [0.2, 0.25) is 0 Å². The molecule has 38 heavy (non-hydrogen) atoms. The van der Waals surface area contributed by atoms with Crippen molar-refractivity contribution < 1.29 is 35.3 Å². The highest BCUT2D eigenvalue weighted by atomic mass is 32.2. The zero-order chi connectivity index (χ0) is 27.1. The Bertz CT molecular complexity index is 1440. The number of para-hydroxylation sites is 1. The number of carbonyl (C=O) groups is 1. The lowest BCUT2D eigenvalue weighted by atomic mass is 9.84. The van der Waals surface area contributed by atoms with Crippen LogP contribution in [-0.2, 0) is 26.9 Å². The predicted octanol–water partition coefficient (Wildman–Crippen LogP) is 2.72. The molecule has 0 radical (unpaired) electrons. The van der Waals surface area contributed by atoms with Gasteiger partial charge in [-0.25, -0.2) is 0 Å². The third-order valence-corrected chi connectivity index (χ3v) is 8.14. The predicted molar refractivity (Wildman–Crippen MR) is 133 cm³/mol. The van der Waals surface area contributed by atoms with Gasteiger partial charge in [0.15, 0.2) is 0 Å². The molecule has 1 aromatic heterocycles. The summed E-state index contributed by atoms with van der Waals surface area (Å²) in [7, 11) is -5.79. The minimum atomic E-state index is -5.79.